The molecule has 1 saturated heterocycles. The number of hydrogen-bond acceptors (Lipinski definition) is 3. The number of amides is 1. The summed E-state index contributed by atoms with van der Waals surface area (Å²) in [4.78, 5) is 28.5. The molecule has 2 heterocycles. The number of carbonyl (C=O) groups is 1. The molecule has 2 atom stereocenters. The van der Waals surface area contributed by atoms with E-state index in [0.717, 1.165) is 36.0 Å². The second kappa shape index (κ2) is 5.13. The van der Waals surface area contributed by atoms with E-state index in [-0.39, 0.29) is 23.7 Å². The van der Waals surface area contributed by atoms with E-state index in [4.69, 9.17) is 0 Å². The molecule has 1 amide bonds. The minimum Gasteiger partial charge on any atom is -0.355 e. The van der Waals surface area contributed by atoms with Crippen LogP contribution in [0.3, 0.4) is 0 Å². The lowest BCUT2D eigenvalue weighted by molar-refractivity contribution is -0.124. The van der Waals surface area contributed by atoms with Crippen molar-refractivity contribution >= 4 is 16.9 Å². The molecule has 1 aromatic heterocycles. The average molecular weight is 274 g/mol. The first kappa shape index (κ1) is 12.9. The van der Waals surface area contributed by atoms with Crippen molar-refractivity contribution in [2.75, 3.05) is 6.54 Å². The van der Waals surface area contributed by atoms with Crippen molar-refractivity contribution in [3.63, 3.8) is 0 Å². The monoisotopic (exact) mass is 274 g/mol. The number of rotatable bonds is 3. The summed E-state index contributed by atoms with van der Waals surface area (Å²) in [6.45, 7) is 2.79. The maximum atomic E-state index is 11.8. The molecule has 6 heteroatoms. The topological polar surface area (TPSA) is 89.8 Å². The Morgan fingerprint density at radius 1 is 1.25 bits per heavy atom. The maximum absolute atomic E-state index is 11.8. The fraction of sp³-hybridized carbons (Fsp3) is 0.429. The lowest BCUT2D eigenvalue weighted by Crippen LogP contribution is -2.48. The van der Waals surface area contributed by atoms with Gasteiger partial charge in [-0.05, 0) is 37.5 Å². The van der Waals surface area contributed by atoms with E-state index in [2.05, 4.69) is 20.6 Å². The quantitative estimate of drug-likeness (QED) is 0.667. The predicted octanol–water partition coefficient (Wildman–Crippen LogP) is 0.785. The summed E-state index contributed by atoms with van der Waals surface area (Å²) in [6.07, 6.45) is 1.86. The van der Waals surface area contributed by atoms with Gasteiger partial charge in [0.25, 0.3) is 0 Å². The third-order valence-corrected chi connectivity index (χ3v) is 3.78. The highest BCUT2D eigenvalue weighted by Crippen LogP contribution is 2.18. The van der Waals surface area contributed by atoms with Crippen molar-refractivity contribution in [3.05, 3.63) is 34.2 Å². The van der Waals surface area contributed by atoms with Gasteiger partial charge in [-0.3, -0.25) is 10.1 Å². The van der Waals surface area contributed by atoms with Crippen LogP contribution in [0, 0.1) is 0 Å². The third kappa shape index (κ3) is 2.46. The minimum absolute atomic E-state index is 0.0478. The number of aromatic nitrogens is 2. The van der Waals surface area contributed by atoms with Gasteiger partial charge in [-0.2, -0.15) is 0 Å². The molecular weight excluding hydrogens is 256 g/mol. The van der Waals surface area contributed by atoms with E-state index in [1.54, 1.807) is 0 Å². The van der Waals surface area contributed by atoms with Gasteiger partial charge in [-0.1, -0.05) is 6.07 Å². The molecule has 1 aromatic carbocycles. The first-order valence-electron chi connectivity index (χ1n) is 6.89. The molecule has 1 aliphatic rings. The Morgan fingerprint density at radius 3 is 2.85 bits per heavy atom. The summed E-state index contributed by atoms with van der Waals surface area (Å²) in [7, 11) is 0. The van der Waals surface area contributed by atoms with Crippen LogP contribution in [0.2, 0.25) is 0 Å². The van der Waals surface area contributed by atoms with Crippen molar-refractivity contribution in [1.29, 1.82) is 0 Å². The normalized spacial score (nSPS) is 20.9. The summed E-state index contributed by atoms with van der Waals surface area (Å²) in [5.74, 6) is 0.0687. The van der Waals surface area contributed by atoms with E-state index < -0.39 is 0 Å². The van der Waals surface area contributed by atoms with Crippen LogP contribution in [-0.4, -0.2) is 28.5 Å². The second-order valence-corrected chi connectivity index (χ2v) is 5.26. The van der Waals surface area contributed by atoms with Crippen LogP contribution in [0.5, 0.6) is 0 Å². The van der Waals surface area contributed by atoms with Gasteiger partial charge in [0.1, 0.15) is 0 Å². The van der Waals surface area contributed by atoms with Gasteiger partial charge >= 0.3 is 5.69 Å². The van der Waals surface area contributed by atoms with Crippen LogP contribution >= 0.6 is 0 Å². The van der Waals surface area contributed by atoms with E-state index in [0.29, 0.717) is 0 Å². The molecule has 0 saturated carbocycles. The largest absolute Gasteiger partial charge is 0.355 e. The fourth-order valence-corrected chi connectivity index (χ4v) is 2.65. The van der Waals surface area contributed by atoms with Gasteiger partial charge in [0.05, 0.1) is 17.1 Å². The van der Waals surface area contributed by atoms with Gasteiger partial charge in [-0.25, -0.2) is 4.79 Å². The lowest BCUT2D eigenvalue weighted by atomic mass is 10.0. The molecule has 6 nitrogen and oxygen atoms in total. The van der Waals surface area contributed by atoms with E-state index in [9.17, 15) is 9.59 Å². The Kier molecular flexibility index (Phi) is 3.31. The van der Waals surface area contributed by atoms with Crippen molar-refractivity contribution < 1.29 is 4.79 Å². The molecule has 1 fully saturated rings. The van der Waals surface area contributed by atoms with Gasteiger partial charge in [0, 0.05) is 12.6 Å². The van der Waals surface area contributed by atoms with Crippen LogP contribution < -0.4 is 16.3 Å². The highest BCUT2D eigenvalue weighted by Gasteiger charge is 2.23. The van der Waals surface area contributed by atoms with E-state index >= 15 is 0 Å². The molecular formula is C14H18N4O2. The Morgan fingerprint density at radius 2 is 2.05 bits per heavy atom. The molecule has 0 spiro atoms. The molecule has 106 valence electrons. The molecule has 0 radical (unpaired) electrons. The minimum atomic E-state index is -0.204. The summed E-state index contributed by atoms with van der Waals surface area (Å²) >= 11 is 0. The number of nitrogens with one attached hydrogen (secondary N) is 4. The van der Waals surface area contributed by atoms with Gasteiger partial charge in [-0.15, -0.1) is 0 Å². The van der Waals surface area contributed by atoms with E-state index in [1.165, 1.54) is 0 Å². The zero-order chi connectivity index (χ0) is 14.1. The summed E-state index contributed by atoms with van der Waals surface area (Å²) < 4.78 is 0. The summed E-state index contributed by atoms with van der Waals surface area (Å²) in [6, 6.07) is 5.68. The number of aromatic amines is 2. The summed E-state index contributed by atoms with van der Waals surface area (Å²) in [5.41, 5.74) is 2.42. The van der Waals surface area contributed by atoms with Crippen LogP contribution in [-0.2, 0) is 4.79 Å². The number of hydrogen-bond donors (Lipinski definition) is 4. The Balaban J connectivity index is 1.79. The van der Waals surface area contributed by atoms with E-state index in [1.807, 2.05) is 25.1 Å². The molecule has 1 aliphatic heterocycles. The van der Waals surface area contributed by atoms with Crippen LogP contribution in [0.15, 0.2) is 23.0 Å². The summed E-state index contributed by atoms with van der Waals surface area (Å²) in [5, 5.41) is 6.21. The standard InChI is InChI=1S/C14H18N4O2/c1-8(16-11-3-2-6-15-13(11)19)9-4-5-10-12(7-9)18-14(20)17-10/h4-5,7-8,11,16H,2-3,6H2,1H3,(H,15,19)(H2,17,18,20). The highest BCUT2D eigenvalue weighted by atomic mass is 16.2. The predicted molar refractivity (Wildman–Crippen MR) is 76.5 cm³/mol. The van der Waals surface area contributed by atoms with Crippen LogP contribution in [0.25, 0.3) is 11.0 Å². The molecule has 0 bridgehead atoms. The Labute approximate surface area is 116 Å². The number of carbonyl (C=O) groups excluding carboxylic acids is 1. The first-order chi connectivity index (χ1) is 9.63. The number of fused-ring (bicyclic) bond motifs is 1. The van der Waals surface area contributed by atoms with Gasteiger partial charge in [0.2, 0.25) is 5.91 Å². The van der Waals surface area contributed by atoms with Crippen molar-refractivity contribution in [3.8, 4) is 0 Å². The SMILES string of the molecule is CC(NC1CCCNC1=O)c1ccc2[nH]c(=O)[nH]c2c1. The fourth-order valence-electron chi connectivity index (χ4n) is 2.65. The van der Waals surface area contributed by atoms with Gasteiger partial charge in [0.15, 0.2) is 0 Å². The maximum Gasteiger partial charge on any atom is 0.323 e. The van der Waals surface area contributed by atoms with Gasteiger partial charge < -0.3 is 15.3 Å². The number of benzene rings is 1. The highest BCUT2D eigenvalue weighted by molar-refractivity contribution is 5.82. The zero-order valence-electron chi connectivity index (χ0n) is 11.3. The van der Waals surface area contributed by atoms with Crippen molar-refractivity contribution in [2.24, 2.45) is 0 Å². The average Bonchev–Trinajstić information content (AvgIpc) is 2.80. The number of H-pyrrole nitrogens is 2. The molecule has 3 rings (SSSR count). The molecule has 20 heavy (non-hydrogen) atoms. The second-order valence-electron chi connectivity index (χ2n) is 5.26. The Bertz CT molecular complexity index is 688. The zero-order valence-corrected chi connectivity index (χ0v) is 11.3. The molecule has 2 aromatic rings. The molecule has 2 unspecified atom stereocenters. The number of piperidine rings is 1. The van der Waals surface area contributed by atoms with Crippen molar-refractivity contribution in [2.45, 2.75) is 31.8 Å². The first-order valence-corrected chi connectivity index (χ1v) is 6.89. The van der Waals surface area contributed by atoms with Crippen LogP contribution in [0.4, 0.5) is 0 Å². The molecule has 4 N–H and O–H groups in total. The number of imidazole rings is 1. The Hall–Kier alpha value is -2.08. The van der Waals surface area contributed by atoms with Crippen molar-refractivity contribution in [1.82, 2.24) is 20.6 Å². The smallest absolute Gasteiger partial charge is 0.323 e. The molecule has 0 aliphatic carbocycles. The van der Waals surface area contributed by atoms with Crippen LogP contribution in [0.1, 0.15) is 31.4 Å². The third-order valence-electron chi connectivity index (χ3n) is 3.78. The lowest BCUT2D eigenvalue weighted by Gasteiger charge is -2.26.